The SMILES string of the molecule is C[SiH](C)C(C(F)=C(F)c1ccc(F)cc1)c1ccc(F)c(Oc2ccccc2)c1. The van der Waals surface area contributed by atoms with Crippen molar-refractivity contribution in [2.24, 2.45) is 0 Å². The number of benzene rings is 3. The van der Waals surface area contributed by atoms with Crippen molar-refractivity contribution in [2.45, 2.75) is 18.6 Å². The molecule has 0 aliphatic heterocycles. The third kappa shape index (κ3) is 4.95. The van der Waals surface area contributed by atoms with Gasteiger partial charge in [0.25, 0.3) is 0 Å². The molecule has 1 nitrogen and oxygen atoms in total. The van der Waals surface area contributed by atoms with Crippen LogP contribution in [0.2, 0.25) is 13.1 Å². The first kappa shape index (κ1) is 20.9. The predicted octanol–water partition coefficient (Wildman–Crippen LogP) is 7.17. The molecule has 150 valence electrons. The van der Waals surface area contributed by atoms with E-state index in [1.54, 1.807) is 30.3 Å². The van der Waals surface area contributed by atoms with E-state index in [0.717, 1.165) is 12.1 Å². The lowest BCUT2D eigenvalue weighted by Crippen LogP contribution is -2.18. The molecule has 0 saturated heterocycles. The van der Waals surface area contributed by atoms with Crippen LogP contribution in [0.25, 0.3) is 5.83 Å². The first-order chi connectivity index (χ1) is 13.9. The van der Waals surface area contributed by atoms with Crippen LogP contribution >= 0.6 is 0 Å². The normalized spacial score (nSPS) is 13.2. The fraction of sp³-hybridized carbons (Fsp3) is 0.130. The van der Waals surface area contributed by atoms with Gasteiger partial charge in [0.2, 0.25) is 0 Å². The summed E-state index contributed by atoms with van der Waals surface area (Å²) < 4.78 is 62.9. The highest BCUT2D eigenvalue weighted by Gasteiger charge is 2.27. The summed E-state index contributed by atoms with van der Waals surface area (Å²) in [7, 11) is -1.81. The van der Waals surface area contributed by atoms with Crippen LogP contribution in [-0.4, -0.2) is 8.80 Å². The van der Waals surface area contributed by atoms with E-state index in [1.165, 1.54) is 30.3 Å². The summed E-state index contributed by atoms with van der Waals surface area (Å²) in [6.07, 6.45) is 0. The monoisotopic (exact) mass is 416 g/mol. The van der Waals surface area contributed by atoms with Gasteiger partial charge >= 0.3 is 0 Å². The Morgan fingerprint density at radius 3 is 2.14 bits per heavy atom. The topological polar surface area (TPSA) is 9.23 Å². The minimum atomic E-state index is -1.81. The lowest BCUT2D eigenvalue weighted by molar-refractivity contribution is 0.441. The summed E-state index contributed by atoms with van der Waals surface area (Å²) in [5.41, 5.74) is -0.418. The Labute approximate surface area is 168 Å². The smallest absolute Gasteiger partial charge is 0.165 e. The molecule has 0 heterocycles. The van der Waals surface area contributed by atoms with E-state index in [-0.39, 0.29) is 11.3 Å². The van der Waals surface area contributed by atoms with Crippen molar-refractivity contribution in [2.75, 3.05) is 0 Å². The van der Waals surface area contributed by atoms with Crippen molar-refractivity contribution in [3.8, 4) is 11.5 Å². The molecule has 3 aromatic rings. The molecular weight excluding hydrogens is 396 g/mol. The Kier molecular flexibility index (Phi) is 6.54. The third-order valence-corrected chi connectivity index (χ3v) is 6.54. The predicted molar refractivity (Wildman–Crippen MR) is 110 cm³/mol. The Balaban J connectivity index is 1.99. The first-order valence-electron chi connectivity index (χ1n) is 9.20. The molecule has 0 N–H and O–H groups in total. The first-order valence-corrected chi connectivity index (χ1v) is 12.2. The lowest BCUT2D eigenvalue weighted by Gasteiger charge is -2.20. The number of para-hydroxylation sites is 1. The minimum absolute atomic E-state index is 0.0357. The van der Waals surface area contributed by atoms with Crippen molar-refractivity contribution in [3.63, 3.8) is 0 Å². The van der Waals surface area contributed by atoms with E-state index in [1.807, 2.05) is 13.1 Å². The van der Waals surface area contributed by atoms with Gasteiger partial charge in [-0.05, 0) is 54.1 Å². The molecule has 0 radical (unpaired) electrons. The maximum Gasteiger partial charge on any atom is 0.165 e. The van der Waals surface area contributed by atoms with Crippen LogP contribution in [0.3, 0.4) is 0 Å². The highest BCUT2D eigenvalue weighted by atomic mass is 28.3. The second-order valence-electron chi connectivity index (χ2n) is 7.00. The molecule has 0 bridgehead atoms. The molecule has 1 atom stereocenters. The lowest BCUT2D eigenvalue weighted by atomic mass is 10.1. The quantitative estimate of drug-likeness (QED) is 0.306. The minimum Gasteiger partial charge on any atom is -0.454 e. The summed E-state index contributed by atoms with van der Waals surface area (Å²) >= 11 is 0. The van der Waals surface area contributed by atoms with Gasteiger partial charge in [-0.15, -0.1) is 0 Å². The number of rotatable bonds is 6. The maximum absolute atomic E-state index is 15.2. The summed E-state index contributed by atoms with van der Waals surface area (Å²) in [6, 6.07) is 17.3. The van der Waals surface area contributed by atoms with Crippen LogP contribution in [0, 0.1) is 11.6 Å². The molecule has 1 unspecified atom stereocenters. The van der Waals surface area contributed by atoms with Gasteiger partial charge in [0.1, 0.15) is 17.4 Å². The average Bonchev–Trinajstić information content (AvgIpc) is 2.71. The van der Waals surface area contributed by atoms with Crippen LogP contribution < -0.4 is 4.74 Å². The van der Waals surface area contributed by atoms with Gasteiger partial charge in [-0.25, -0.2) is 17.6 Å². The van der Waals surface area contributed by atoms with Crippen molar-refractivity contribution in [1.29, 1.82) is 0 Å². The van der Waals surface area contributed by atoms with Crippen LogP contribution in [-0.2, 0) is 0 Å². The second-order valence-corrected chi connectivity index (χ2v) is 10.2. The zero-order chi connectivity index (χ0) is 21.0. The summed E-state index contributed by atoms with van der Waals surface area (Å²) in [5, 5.41) is 0. The zero-order valence-corrected chi connectivity index (χ0v) is 17.2. The van der Waals surface area contributed by atoms with E-state index >= 15 is 4.39 Å². The molecule has 0 aromatic heterocycles. The van der Waals surface area contributed by atoms with Gasteiger partial charge < -0.3 is 4.74 Å². The Hall–Kier alpha value is -2.86. The summed E-state index contributed by atoms with van der Waals surface area (Å²) in [5.74, 6) is -2.71. The molecule has 0 fully saturated rings. The molecular formula is C23H20F4OSi. The van der Waals surface area contributed by atoms with Gasteiger partial charge in [-0.1, -0.05) is 37.4 Å². The largest absolute Gasteiger partial charge is 0.454 e. The number of halogens is 4. The standard InChI is InChI=1S/C23H20F4OSi/c1-29(2)23(22(27)21(26)15-8-11-17(24)12-9-15)16-10-13-19(25)20(14-16)28-18-6-4-3-5-7-18/h3-14,23,29H,1-2H3. The average molecular weight is 416 g/mol. The van der Waals surface area contributed by atoms with Crippen LogP contribution in [0.1, 0.15) is 16.7 Å². The van der Waals surface area contributed by atoms with Gasteiger partial charge in [0.05, 0.1) is 0 Å². The van der Waals surface area contributed by atoms with Crippen LogP contribution in [0.15, 0.2) is 78.6 Å². The fourth-order valence-electron chi connectivity index (χ4n) is 3.10. The Bertz CT molecular complexity index is 1000. The van der Waals surface area contributed by atoms with Gasteiger partial charge in [0.15, 0.2) is 17.4 Å². The molecule has 29 heavy (non-hydrogen) atoms. The van der Waals surface area contributed by atoms with Gasteiger partial charge in [-0.3, -0.25) is 0 Å². The highest BCUT2D eigenvalue weighted by Crippen LogP contribution is 2.37. The number of hydrogen-bond acceptors (Lipinski definition) is 1. The second kappa shape index (κ2) is 9.09. The van der Waals surface area contributed by atoms with E-state index in [4.69, 9.17) is 4.74 Å². The van der Waals surface area contributed by atoms with E-state index < -0.39 is 37.6 Å². The Morgan fingerprint density at radius 2 is 1.52 bits per heavy atom. The number of allylic oxidation sites excluding steroid dienone is 1. The van der Waals surface area contributed by atoms with Crippen molar-refractivity contribution < 1.29 is 22.3 Å². The molecule has 0 spiro atoms. The molecule has 0 aliphatic rings. The van der Waals surface area contributed by atoms with E-state index in [2.05, 4.69) is 0 Å². The molecule has 6 heteroatoms. The van der Waals surface area contributed by atoms with E-state index in [9.17, 15) is 13.2 Å². The van der Waals surface area contributed by atoms with Gasteiger partial charge in [0, 0.05) is 19.9 Å². The highest BCUT2D eigenvalue weighted by molar-refractivity contribution is 6.58. The third-order valence-electron chi connectivity index (χ3n) is 4.53. The number of hydrogen-bond donors (Lipinski definition) is 0. The summed E-state index contributed by atoms with van der Waals surface area (Å²) in [6.45, 7) is 3.76. The number of ether oxygens (including phenoxy) is 1. The fourth-order valence-corrected chi connectivity index (χ4v) is 4.81. The molecule has 3 rings (SSSR count). The van der Waals surface area contributed by atoms with Crippen molar-refractivity contribution >= 4 is 14.6 Å². The van der Waals surface area contributed by atoms with Crippen LogP contribution in [0.5, 0.6) is 11.5 Å². The maximum atomic E-state index is 15.2. The Morgan fingerprint density at radius 1 is 0.862 bits per heavy atom. The zero-order valence-electron chi connectivity index (χ0n) is 16.0. The van der Waals surface area contributed by atoms with E-state index in [0.29, 0.717) is 11.3 Å². The van der Waals surface area contributed by atoms with Crippen molar-refractivity contribution in [1.82, 2.24) is 0 Å². The summed E-state index contributed by atoms with van der Waals surface area (Å²) in [4.78, 5) is 0. The van der Waals surface area contributed by atoms with Crippen molar-refractivity contribution in [3.05, 3.63) is 101 Å². The molecule has 3 aromatic carbocycles. The molecule has 0 saturated carbocycles. The molecule has 0 aliphatic carbocycles. The van der Waals surface area contributed by atoms with Gasteiger partial charge in [-0.2, -0.15) is 0 Å². The van der Waals surface area contributed by atoms with Crippen LogP contribution in [0.4, 0.5) is 17.6 Å². The molecule has 0 amide bonds.